The van der Waals surface area contributed by atoms with Crippen LogP contribution in [0.1, 0.15) is 53.5 Å². The number of sulfonamides is 1. The number of benzene rings is 2. The molecule has 0 saturated carbocycles. The smallest absolute Gasteiger partial charge is 0.261 e. The second-order valence-corrected chi connectivity index (χ2v) is 9.69. The monoisotopic (exact) mass is 462 g/mol. The summed E-state index contributed by atoms with van der Waals surface area (Å²) in [6, 6.07) is 9.23. The van der Waals surface area contributed by atoms with Crippen molar-refractivity contribution in [2.45, 2.75) is 44.4 Å². The van der Waals surface area contributed by atoms with Gasteiger partial charge in [-0.2, -0.15) is 0 Å². The summed E-state index contributed by atoms with van der Waals surface area (Å²) in [5.74, 6) is -0.652. The number of amides is 1. The third-order valence-corrected chi connectivity index (χ3v) is 7.24. The number of aromatic nitrogens is 2. The quantitative estimate of drug-likeness (QED) is 0.494. The topological polar surface area (TPSA) is 101 Å². The Kier molecular flexibility index (Phi) is 7.01. The Bertz CT molecular complexity index is 1170. The van der Waals surface area contributed by atoms with Crippen molar-refractivity contribution in [1.82, 2.24) is 10.2 Å². The van der Waals surface area contributed by atoms with Crippen LogP contribution in [-0.4, -0.2) is 24.5 Å². The van der Waals surface area contributed by atoms with Gasteiger partial charge in [0.05, 0.1) is 4.90 Å². The maximum atomic E-state index is 13.1. The molecular formula is C21H23FN4O3S2. The van der Waals surface area contributed by atoms with Crippen molar-refractivity contribution in [3.8, 4) is 0 Å². The van der Waals surface area contributed by atoms with E-state index in [1.54, 1.807) is 13.0 Å². The number of aryl methyl sites for hydroxylation is 1. The van der Waals surface area contributed by atoms with Crippen molar-refractivity contribution in [3.63, 3.8) is 0 Å². The lowest BCUT2D eigenvalue weighted by Crippen LogP contribution is -2.17. The lowest BCUT2D eigenvalue weighted by molar-refractivity contribution is 0.102. The number of carbonyl (C=O) groups is 1. The summed E-state index contributed by atoms with van der Waals surface area (Å²) in [6.07, 6.45) is 1.86. The van der Waals surface area contributed by atoms with E-state index in [9.17, 15) is 17.6 Å². The van der Waals surface area contributed by atoms with Crippen molar-refractivity contribution in [2.24, 2.45) is 0 Å². The first-order valence-electron chi connectivity index (χ1n) is 9.77. The molecule has 1 amide bonds. The molecule has 2 aromatic carbocycles. The summed E-state index contributed by atoms with van der Waals surface area (Å²) in [6.45, 7) is 5.86. The highest BCUT2D eigenvalue weighted by atomic mass is 32.2. The fourth-order valence-corrected chi connectivity index (χ4v) is 5.09. The Morgan fingerprint density at radius 1 is 1.10 bits per heavy atom. The third-order valence-electron chi connectivity index (χ3n) is 4.86. The predicted molar refractivity (Wildman–Crippen MR) is 120 cm³/mol. The molecule has 0 spiro atoms. The SMILES string of the molecule is CCC(CC)c1nnc(NC(=O)c2cc(S(=O)(=O)Nc3ccc(F)cc3)ccc2C)s1. The van der Waals surface area contributed by atoms with Gasteiger partial charge in [0.1, 0.15) is 10.8 Å². The minimum absolute atomic E-state index is 0.0810. The van der Waals surface area contributed by atoms with Gasteiger partial charge < -0.3 is 0 Å². The maximum absolute atomic E-state index is 13.1. The van der Waals surface area contributed by atoms with Gasteiger partial charge >= 0.3 is 0 Å². The average molecular weight is 463 g/mol. The van der Waals surface area contributed by atoms with Crippen LogP contribution in [-0.2, 0) is 10.0 Å². The van der Waals surface area contributed by atoms with Crippen LogP contribution in [0.15, 0.2) is 47.4 Å². The molecule has 3 aromatic rings. The molecule has 0 aliphatic carbocycles. The van der Waals surface area contributed by atoms with Crippen LogP contribution >= 0.6 is 11.3 Å². The zero-order valence-electron chi connectivity index (χ0n) is 17.3. The van der Waals surface area contributed by atoms with Gasteiger partial charge in [-0.05, 0) is 61.7 Å². The second kappa shape index (κ2) is 9.52. The average Bonchev–Trinajstić information content (AvgIpc) is 3.18. The summed E-state index contributed by atoms with van der Waals surface area (Å²) in [4.78, 5) is 12.7. The Labute approximate surface area is 184 Å². The highest BCUT2D eigenvalue weighted by Crippen LogP contribution is 2.28. The molecule has 0 saturated heterocycles. The standard InChI is InChI=1S/C21H23FN4O3S2/c1-4-14(5-2)20-24-25-21(30-20)23-19(27)18-12-17(11-6-13(18)3)31(28,29)26-16-9-7-15(22)8-10-16/h6-12,14,26H,4-5H2,1-3H3,(H,23,25,27). The van der Waals surface area contributed by atoms with Crippen LogP contribution in [0.25, 0.3) is 0 Å². The van der Waals surface area contributed by atoms with E-state index in [1.807, 2.05) is 0 Å². The molecule has 164 valence electrons. The lowest BCUT2D eigenvalue weighted by atomic mass is 10.1. The van der Waals surface area contributed by atoms with Crippen molar-refractivity contribution >= 4 is 38.1 Å². The zero-order valence-corrected chi connectivity index (χ0v) is 19.0. The largest absolute Gasteiger partial charge is 0.296 e. The number of hydrogen-bond donors (Lipinski definition) is 2. The molecule has 7 nitrogen and oxygen atoms in total. The minimum atomic E-state index is -3.96. The summed E-state index contributed by atoms with van der Waals surface area (Å²) in [7, 11) is -3.96. The minimum Gasteiger partial charge on any atom is -0.296 e. The first-order chi connectivity index (χ1) is 14.7. The Hall–Kier alpha value is -2.85. The molecule has 0 aliphatic heterocycles. The summed E-state index contributed by atoms with van der Waals surface area (Å²) in [5.41, 5.74) is 1.04. The first-order valence-corrected chi connectivity index (χ1v) is 12.1. The van der Waals surface area contributed by atoms with E-state index in [0.29, 0.717) is 10.7 Å². The number of halogens is 1. The molecule has 2 N–H and O–H groups in total. The van der Waals surface area contributed by atoms with Gasteiger partial charge in [0.25, 0.3) is 15.9 Å². The number of nitrogens with zero attached hydrogens (tertiary/aromatic N) is 2. The molecule has 31 heavy (non-hydrogen) atoms. The van der Waals surface area contributed by atoms with Crippen LogP contribution < -0.4 is 10.0 Å². The number of anilines is 2. The normalized spacial score (nSPS) is 11.5. The first kappa shape index (κ1) is 22.8. The van der Waals surface area contributed by atoms with Gasteiger partial charge in [0.2, 0.25) is 5.13 Å². The predicted octanol–water partition coefficient (Wildman–Crippen LogP) is 4.94. The number of hydrogen-bond acceptors (Lipinski definition) is 6. The van der Waals surface area contributed by atoms with Crippen molar-refractivity contribution in [3.05, 3.63) is 64.4 Å². The Balaban J connectivity index is 1.81. The third kappa shape index (κ3) is 5.45. The van der Waals surface area contributed by atoms with E-state index in [0.717, 1.165) is 30.0 Å². The molecular weight excluding hydrogens is 439 g/mol. The van der Waals surface area contributed by atoms with E-state index in [2.05, 4.69) is 34.1 Å². The van der Waals surface area contributed by atoms with Gasteiger partial charge in [-0.1, -0.05) is 31.3 Å². The van der Waals surface area contributed by atoms with Crippen molar-refractivity contribution < 1.29 is 17.6 Å². The molecule has 1 heterocycles. The molecule has 1 aromatic heterocycles. The molecule has 0 aliphatic rings. The van der Waals surface area contributed by atoms with Crippen molar-refractivity contribution in [1.29, 1.82) is 0 Å². The van der Waals surface area contributed by atoms with Crippen LogP contribution in [0.5, 0.6) is 0 Å². The summed E-state index contributed by atoms with van der Waals surface area (Å²) >= 11 is 1.32. The fourth-order valence-electron chi connectivity index (χ4n) is 3.00. The second-order valence-electron chi connectivity index (χ2n) is 7.00. The van der Waals surface area contributed by atoms with Crippen LogP contribution in [0.2, 0.25) is 0 Å². The van der Waals surface area contributed by atoms with Gasteiger partial charge in [-0.3, -0.25) is 14.8 Å². The van der Waals surface area contributed by atoms with Crippen LogP contribution in [0.4, 0.5) is 15.2 Å². The summed E-state index contributed by atoms with van der Waals surface area (Å²) in [5, 5.41) is 12.1. The Morgan fingerprint density at radius 3 is 2.42 bits per heavy atom. The van der Waals surface area contributed by atoms with E-state index >= 15 is 0 Å². The maximum Gasteiger partial charge on any atom is 0.261 e. The van der Waals surface area contributed by atoms with Gasteiger partial charge in [0.15, 0.2) is 0 Å². The van der Waals surface area contributed by atoms with Crippen LogP contribution in [0, 0.1) is 12.7 Å². The van der Waals surface area contributed by atoms with E-state index in [1.165, 1.54) is 35.6 Å². The molecule has 0 unspecified atom stereocenters. The Morgan fingerprint density at radius 2 is 1.77 bits per heavy atom. The lowest BCUT2D eigenvalue weighted by Gasteiger charge is -2.11. The summed E-state index contributed by atoms with van der Waals surface area (Å²) < 4.78 is 40.9. The number of nitrogens with one attached hydrogen (secondary N) is 2. The molecule has 0 radical (unpaired) electrons. The van der Waals surface area contributed by atoms with Crippen molar-refractivity contribution in [2.75, 3.05) is 10.0 Å². The molecule has 10 heteroatoms. The van der Waals surface area contributed by atoms with Gasteiger partial charge in [-0.25, -0.2) is 12.8 Å². The van der Waals surface area contributed by atoms with Crippen LogP contribution in [0.3, 0.4) is 0 Å². The number of carbonyl (C=O) groups excluding carboxylic acids is 1. The van der Waals surface area contributed by atoms with E-state index < -0.39 is 21.7 Å². The molecule has 0 fully saturated rings. The highest BCUT2D eigenvalue weighted by Gasteiger charge is 2.20. The highest BCUT2D eigenvalue weighted by molar-refractivity contribution is 7.92. The molecule has 3 rings (SSSR count). The molecule has 0 atom stereocenters. The van der Waals surface area contributed by atoms with E-state index in [-0.39, 0.29) is 22.1 Å². The van der Waals surface area contributed by atoms with Gasteiger partial charge in [-0.15, -0.1) is 10.2 Å². The zero-order chi connectivity index (χ0) is 22.6. The fraction of sp³-hybridized carbons (Fsp3) is 0.286. The molecule has 0 bridgehead atoms. The van der Waals surface area contributed by atoms with Gasteiger partial charge in [0, 0.05) is 17.2 Å². The number of rotatable bonds is 8. The van der Waals surface area contributed by atoms with E-state index in [4.69, 9.17) is 0 Å².